The third kappa shape index (κ3) is 5.76. The van der Waals surface area contributed by atoms with E-state index in [2.05, 4.69) is 25.6 Å². The molecule has 37 heavy (non-hydrogen) atoms. The van der Waals surface area contributed by atoms with E-state index in [1.807, 2.05) is 13.0 Å². The average Bonchev–Trinajstić information content (AvgIpc) is 3.50. The minimum atomic E-state index is -4.63. The highest BCUT2D eigenvalue weighted by atomic mass is 32.1. The minimum absolute atomic E-state index is 0.0588. The third-order valence-electron chi connectivity index (χ3n) is 6.44. The minimum Gasteiger partial charge on any atom is -0.488 e. The molecule has 1 amide bonds. The lowest BCUT2D eigenvalue weighted by Gasteiger charge is -2.30. The van der Waals surface area contributed by atoms with Crippen LogP contribution in [0, 0.1) is 6.92 Å². The fraction of sp³-hybridized carbons (Fsp3) is 0.440. The molecule has 1 unspecified atom stereocenters. The molecule has 2 N–H and O–H groups in total. The molecular weight excluding hydrogens is 507 g/mol. The second-order valence-corrected chi connectivity index (χ2v) is 10.4. The van der Waals surface area contributed by atoms with Crippen molar-refractivity contribution in [2.24, 2.45) is 0 Å². The molecule has 1 saturated heterocycles. The number of nitrogens with one attached hydrogen (secondary N) is 2. The van der Waals surface area contributed by atoms with E-state index in [9.17, 15) is 18.0 Å². The molecule has 4 atom stereocenters. The molecule has 5 rings (SSSR count). The van der Waals surface area contributed by atoms with Crippen molar-refractivity contribution >= 4 is 17.2 Å². The molecule has 0 spiro atoms. The maximum absolute atomic E-state index is 13.2. The van der Waals surface area contributed by atoms with Crippen LogP contribution in [0.4, 0.5) is 13.2 Å². The number of hydrogen-bond donors (Lipinski definition) is 2. The Morgan fingerprint density at radius 1 is 1.19 bits per heavy atom. The van der Waals surface area contributed by atoms with Crippen molar-refractivity contribution in [2.75, 3.05) is 13.2 Å². The molecule has 2 fully saturated rings. The summed E-state index contributed by atoms with van der Waals surface area (Å²) in [4.78, 5) is 25.5. The number of ether oxygens (including phenoxy) is 2. The molecule has 1 aliphatic heterocycles. The number of aromatic nitrogens is 3. The van der Waals surface area contributed by atoms with Crippen molar-refractivity contribution in [2.45, 2.75) is 57.2 Å². The fourth-order valence-corrected chi connectivity index (χ4v) is 5.35. The molecule has 0 bridgehead atoms. The SMILES string of the molecule is Cc1cnc(-c2cc(O[C@H]3CC[C@@H]4NCCO[C@H]43)cc(C(=O)NC(C)c3cnc(C(F)(F)F)nc3)c2)s1. The van der Waals surface area contributed by atoms with Crippen LogP contribution in [0.3, 0.4) is 0 Å². The van der Waals surface area contributed by atoms with Gasteiger partial charge in [-0.2, -0.15) is 13.2 Å². The predicted molar refractivity (Wildman–Crippen MR) is 130 cm³/mol. The Hall–Kier alpha value is -3.09. The van der Waals surface area contributed by atoms with Crippen LogP contribution in [-0.2, 0) is 10.9 Å². The van der Waals surface area contributed by atoms with Crippen molar-refractivity contribution < 1.29 is 27.4 Å². The quantitative estimate of drug-likeness (QED) is 0.487. The topological polar surface area (TPSA) is 98.3 Å². The number of aryl methyl sites for hydroxylation is 1. The lowest BCUT2D eigenvalue weighted by molar-refractivity contribution is -0.145. The first-order valence-electron chi connectivity index (χ1n) is 12.0. The largest absolute Gasteiger partial charge is 0.488 e. The molecule has 12 heteroatoms. The fourth-order valence-electron chi connectivity index (χ4n) is 4.59. The van der Waals surface area contributed by atoms with Crippen molar-refractivity contribution in [3.05, 3.63) is 58.6 Å². The van der Waals surface area contributed by atoms with Crippen LogP contribution in [0.5, 0.6) is 5.75 Å². The first kappa shape index (κ1) is 25.6. The van der Waals surface area contributed by atoms with Gasteiger partial charge in [-0.3, -0.25) is 4.79 Å². The summed E-state index contributed by atoms with van der Waals surface area (Å²) < 4.78 is 50.7. The lowest BCUT2D eigenvalue weighted by Crippen LogP contribution is -2.49. The summed E-state index contributed by atoms with van der Waals surface area (Å²) in [6.45, 7) is 5.05. The zero-order valence-corrected chi connectivity index (χ0v) is 21.0. The van der Waals surface area contributed by atoms with Gasteiger partial charge in [0, 0.05) is 52.7 Å². The average molecular weight is 534 g/mol. The number of benzene rings is 1. The number of amides is 1. The van der Waals surface area contributed by atoms with Crippen LogP contribution >= 0.6 is 11.3 Å². The van der Waals surface area contributed by atoms with Crippen molar-refractivity contribution in [1.82, 2.24) is 25.6 Å². The Morgan fingerprint density at radius 3 is 2.68 bits per heavy atom. The van der Waals surface area contributed by atoms with Gasteiger partial charge in [0.25, 0.3) is 5.91 Å². The molecular formula is C25H26F3N5O3S. The van der Waals surface area contributed by atoms with Gasteiger partial charge >= 0.3 is 6.18 Å². The summed E-state index contributed by atoms with van der Waals surface area (Å²) in [6.07, 6.45) is 0.840. The van der Waals surface area contributed by atoms with Crippen LogP contribution in [-0.4, -0.2) is 52.3 Å². The number of carbonyl (C=O) groups excluding carboxylic acids is 1. The Morgan fingerprint density at radius 2 is 1.97 bits per heavy atom. The molecule has 2 aliphatic rings. The van der Waals surface area contributed by atoms with Gasteiger partial charge in [0.15, 0.2) is 0 Å². The number of alkyl halides is 3. The van der Waals surface area contributed by atoms with Crippen LogP contribution in [0.15, 0.2) is 36.8 Å². The Balaban J connectivity index is 1.37. The highest BCUT2D eigenvalue weighted by molar-refractivity contribution is 7.14. The Bertz CT molecular complexity index is 1270. The van der Waals surface area contributed by atoms with Gasteiger partial charge in [-0.1, -0.05) is 0 Å². The molecule has 1 aliphatic carbocycles. The summed E-state index contributed by atoms with van der Waals surface area (Å²) >= 11 is 1.50. The molecule has 1 aromatic carbocycles. The van der Waals surface area contributed by atoms with Crippen LogP contribution in [0.25, 0.3) is 10.6 Å². The highest BCUT2D eigenvalue weighted by Gasteiger charge is 2.40. The van der Waals surface area contributed by atoms with E-state index in [0.717, 1.165) is 47.2 Å². The van der Waals surface area contributed by atoms with Gasteiger partial charge in [0.2, 0.25) is 5.82 Å². The zero-order chi connectivity index (χ0) is 26.2. The molecule has 2 aromatic heterocycles. The summed E-state index contributed by atoms with van der Waals surface area (Å²) in [5.41, 5.74) is 1.43. The van der Waals surface area contributed by atoms with E-state index in [-0.39, 0.29) is 18.2 Å². The van der Waals surface area contributed by atoms with E-state index in [1.165, 1.54) is 11.3 Å². The Labute approximate surface area is 215 Å². The molecule has 3 heterocycles. The molecule has 1 saturated carbocycles. The number of carbonyl (C=O) groups is 1. The van der Waals surface area contributed by atoms with E-state index in [1.54, 1.807) is 25.3 Å². The lowest BCUT2D eigenvalue weighted by atomic mass is 10.1. The molecule has 3 aromatic rings. The van der Waals surface area contributed by atoms with Gasteiger partial charge < -0.3 is 20.1 Å². The smallest absolute Gasteiger partial charge is 0.451 e. The molecule has 8 nitrogen and oxygen atoms in total. The number of morpholine rings is 1. The highest BCUT2D eigenvalue weighted by Crippen LogP contribution is 2.33. The van der Waals surface area contributed by atoms with Gasteiger partial charge in [0.1, 0.15) is 23.0 Å². The Kier molecular flexibility index (Phi) is 7.15. The molecule has 196 valence electrons. The van der Waals surface area contributed by atoms with Crippen molar-refractivity contribution in [1.29, 1.82) is 0 Å². The number of thiazole rings is 1. The van der Waals surface area contributed by atoms with Crippen LogP contribution in [0.1, 0.15) is 52.4 Å². The second kappa shape index (κ2) is 10.3. The monoisotopic (exact) mass is 533 g/mol. The summed E-state index contributed by atoms with van der Waals surface area (Å²) in [6, 6.07) is 4.89. The first-order chi connectivity index (χ1) is 17.7. The van der Waals surface area contributed by atoms with Gasteiger partial charge in [-0.15, -0.1) is 11.3 Å². The van der Waals surface area contributed by atoms with Crippen molar-refractivity contribution in [3.63, 3.8) is 0 Å². The molecule has 0 radical (unpaired) electrons. The maximum atomic E-state index is 13.2. The zero-order valence-electron chi connectivity index (χ0n) is 20.2. The van der Waals surface area contributed by atoms with E-state index in [0.29, 0.717) is 23.5 Å². The normalized spacial score (nSPS) is 22.4. The second-order valence-electron chi connectivity index (χ2n) is 9.18. The summed E-state index contributed by atoms with van der Waals surface area (Å²) in [7, 11) is 0. The van der Waals surface area contributed by atoms with Crippen LogP contribution in [0.2, 0.25) is 0 Å². The standard InChI is InChI=1S/C25H26F3N5O3S/c1-13-10-30-23(37-13)16-7-15(8-18(9-16)36-20-4-3-19-21(20)35-6-5-29-19)22(34)33-14(2)17-11-31-24(32-12-17)25(26,27)28/h7-12,14,19-21,29H,3-6H2,1-2H3,(H,33,34)/t14?,19-,20-,21+/m0/s1. The number of rotatable bonds is 6. The summed E-state index contributed by atoms with van der Waals surface area (Å²) in [5.74, 6) is -1.11. The number of hydrogen-bond acceptors (Lipinski definition) is 8. The predicted octanol–water partition coefficient (Wildman–Crippen LogP) is 4.32. The van der Waals surface area contributed by atoms with Gasteiger partial charge in [0.05, 0.1) is 12.6 Å². The van der Waals surface area contributed by atoms with E-state index < -0.39 is 23.9 Å². The van der Waals surface area contributed by atoms with E-state index in [4.69, 9.17) is 9.47 Å². The van der Waals surface area contributed by atoms with Gasteiger partial charge in [-0.25, -0.2) is 15.0 Å². The summed E-state index contributed by atoms with van der Waals surface area (Å²) in [5, 5.41) is 7.03. The van der Waals surface area contributed by atoms with Crippen molar-refractivity contribution in [3.8, 4) is 16.3 Å². The van der Waals surface area contributed by atoms with Crippen LogP contribution < -0.4 is 15.4 Å². The van der Waals surface area contributed by atoms with E-state index >= 15 is 0 Å². The number of nitrogens with zero attached hydrogens (tertiary/aromatic N) is 3. The number of fused-ring (bicyclic) bond motifs is 1. The maximum Gasteiger partial charge on any atom is 0.451 e. The number of halogens is 3. The first-order valence-corrected chi connectivity index (χ1v) is 12.8. The van der Waals surface area contributed by atoms with Gasteiger partial charge in [-0.05, 0) is 44.9 Å². The third-order valence-corrected chi connectivity index (χ3v) is 7.40.